The van der Waals surface area contributed by atoms with Gasteiger partial charge in [0.2, 0.25) is 5.91 Å². The van der Waals surface area contributed by atoms with E-state index in [2.05, 4.69) is 5.32 Å². The highest BCUT2D eigenvalue weighted by atomic mass is 19.1. The van der Waals surface area contributed by atoms with Crippen LogP contribution in [0.25, 0.3) is 0 Å². The van der Waals surface area contributed by atoms with Gasteiger partial charge in [-0.05, 0) is 65.4 Å². The molecule has 2 saturated heterocycles. The topological polar surface area (TPSA) is 47.6 Å². The number of rotatable bonds is 1. The highest BCUT2D eigenvalue weighted by Crippen LogP contribution is 2.51. The van der Waals surface area contributed by atoms with Gasteiger partial charge in [-0.2, -0.15) is 0 Å². The van der Waals surface area contributed by atoms with Crippen LogP contribution >= 0.6 is 0 Å². The fourth-order valence-corrected chi connectivity index (χ4v) is 3.80. The average Bonchev–Trinajstić information content (AvgIpc) is 2.93. The van der Waals surface area contributed by atoms with Gasteiger partial charge in [-0.15, -0.1) is 0 Å². The Morgan fingerprint density at radius 3 is 2.32 bits per heavy atom. The Morgan fingerprint density at radius 1 is 1.14 bits per heavy atom. The van der Waals surface area contributed by atoms with Crippen LogP contribution in [0.1, 0.15) is 59.8 Å². The lowest BCUT2D eigenvalue weighted by Crippen LogP contribution is -2.46. The Hall–Kier alpha value is -0.875. The molecule has 2 heterocycles. The summed E-state index contributed by atoms with van der Waals surface area (Å²) in [6.07, 6.45) is 3.80. The average molecular weight is 309 g/mol. The molecule has 2 aliphatic heterocycles. The molecule has 1 saturated carbocycles. The molecule has 4 nitrogen and oxygen atoms in total. The summed E-state index contributed by atoms with van der Waals surface area (Å²) in [5.74, 6) is -0.0297. The van der Waals surface area contributed by atoms with Gasteiger partial charge in [-0.1, -0.05) is 0 Å². The van der Waals surface area contributed by atoms with Gasteiger partial charge in [-0.25, -0.2) is 4.39 Å². The zero-order valence-electron chi connectivity index (χ0n) is 13.9. The first-order valence-corrected chi connectivity index (χ1v) is 8.23. The van der Waals surface area contributed by atoms with Crippen molar-refractivity contribution in [3.05, 3.63) is 11.3 Å². The molecule has 1 amide bonds. The summed E-state index contributed by atoms with van der Waals surface area (Å²) in [6.45, 7) is 8.31. The molecule has 0 aromatic rings. The van der Waals surface area contributed by atoms with Gasteiger partial charge < -0.3 is 14.6 Å². The molecule has 3 rings (SSSR count). The van der Waals surface area contributed by atoms with Gasteiger partial charge in [0.15, 0.2) is 0 Å². The molecule has 1 unspecified atom stereocenters. The lowest BCUT2D eigenvalue weighted by molar-refractivity contribution is -0.131. The molecule has 1 aliphatic carbocycles. The maximum Gasteiger partial charge on any atom is 0.525 e. The van der Waals surface area contributed by atoms with Gasteiger partial charge in [-0.3, -0.25) is 4.79 Å². The number of halogens is 1. The fraction of sp³-hybridized carbons (Fsp3) is 0.812. The van der Waals surface area contributed by atoms with Crippen molar-refractivity contribution < 1.29 is 18.5 Å². The molecular formula is C16H25BFNO3. The molecule has 22 heavy (non-hydrogen) atoms. The SMILES string of the molecule is CC1(C)OB(C(F)=C2CCCC23CCCNC3=O)OC1(C)C. The summed E-state index contributed by atoms with van der Waals surface area (Å²) < 4.78 is 26.8. The lowest BCUT2D eigenvalue weighted by Gasteiger charge is -2.34. The summed E-state index contributed by atoms with van der Waals surface area (Å²) in [5.41, 5.74) is -1.60. The molecule has 3 aliphatic rings. The normalized spacial score (nSPS) is 35.9. The number of nitrogens with one attached hydrogen (secondary N) is 1. The van der Waals surface area contributed by atoms with Crippen molar-refractivity contribution >= 4 is 13.0 Å². The van der Waals surface area contributed by atoms with Gasteiger partial charge in [0.1, 0.15) is 5.73 Å². The predicted octanol–water partition coefficient (Wildman–Crippen LogP) is 2.92. The Labute approximate surface area is 132 Å². The summed E-state index contributed by atoms with van der Waals surface area (Å²) in [6, 6.07) is 0. The number of hydrogen-bond acceptors (Lipinski definition) is 3. The van der Waals surface area contributed by atoms with Crippen molar-refractivity contribution in [2.75, 3.05) is 6.54 Å². The number of piperidine rings is 1. The van der Waals surface area contributed by atoms with Crippen molar-refractivity contribution in [2.24, 2.45) is 5.41 Å². The third kappa shape index (κ3) is 2.23. The quantitative estimate of drug-likeness (QED) is 0.758. The summed E-state index contributed by atoms with van der Waals surface area (Å²) in [5, 5.41) is 2.90. The minimum Gasteiger partial charge on any atom is -0.398 e. The zero-order valence-corrected chi connectivity index (χ0v) is 13.9. The first-order valence-electron chi connectivity index (χ1n) is 8.23. The predicted molar refractivity (Wildman–Crippen MR) is 82.7 cm³/mol. The number of hydrogen-bond donors (Lipinski definition) is 1. The number of carbonyl (C=O) groups excluding carboxylic acids is 1. The molecule has 6 heteroatoms. The van der Waals surface area contributed by atoms with Crippen molar-refractivity contribution in [2.45, 2.75) is 71.0 Å². The Kier molecular flexibility index (Phi) is 3.68. The van der Waals surface area contributed by atoms with Crippen LogP contribution in [0.4, 0.5) is 4.39 Å². The summed E-state index contributed by atoms with van der Waals surface area (Å²) >= 11 is 0. The summed E-state index contributed by atoms with van der Waals surface area (Å²) in [7, 11) is -0.996. The van der Waals surface area contributed by atoms with E-state index in [1.807, 2.05) is 27.7 Å². The standard InChI is InChI=1S/C16H25BFNO3/c1-14(2)15(3,4)22-17(21-14)12(18)11-7-5-8-16(11)9-6-10-19-13(16)20/h5-10H2,1-4H3,(H,19,20). The first kappa shape index (κ1) is 16.0. The maximum absolute atomic E-state index is 15.2. The molecule has 0 radical (unpaired) electrons. The van der Waals surface area contributed by atoms with Gasteiger partial charge in [0.25, 0.3) is 0 Å². The van der Waals surface area contributed by atoms with Crippen molar-refractivity contribution in [3.8, 4) is 0 Å². The third-order valence-electron chi connectivity index (χ3n) is 5.86. The Bertz CT molecular complexity index is 515. The van der Waals surface area contributed by atoms with Crippen LogP contribution in [0.2, 0.25) is 0 Å². The Balaban J connectivity index is 1.94. The second-order valence-electron chi connectivity index (χ2n) is 7.71. The highest BCUT2D eigenvalue weighted by Gasteiger charge is 2.56. The lowest BCUT2D eigenvalue weighted by atomic mass is 9.70. The largest absolute Gasteiger partial charge is 0.525 e. The molecule has 3 fully saturated rings. The molecule has 0 bridgehead atoms. The molecule has 0 aromatic heterocycles. The van der Waals surface area contributed by atoms with Crippen LogP contribution in [0, 0.1) is 5.41 Å². The van der Waals surface area contributed by atoms with E-state index in [-0.39, 0.29) is 11.6 Å². The molecule has 0 aromatic carbocycles. The Morgan fingerprint density at radius 2 is 1.73 bits per heavy atom. The van der Waals surface area contributed by atoms with Crippen LogP contribution in [0.15, 0.2) is 11.3 Å². The zero-order chi connectivity index (χ0) is 16.2. The van der Waals surface area contributed by atoms with Gasteiger partial charge in [0.05, 0.1) is 16.6 Å². The van der Waals surface area contributed by atoms with Crippen molar-refractivity contribution in [1.82, 2.24) is 5.32 Å². The molecule has 122 valence electrons. The molecular weight excluding hydrogens is 284 g/mol. The van der Waals surface area contributed by atoms with Crippen LogP contribution < -0.4 is 5.32 Å². The second-order valence-corrected chi connectivity index (χ2v) is 7.71. The van der Waals surface area contributed by atoms with Crippen molar-refractivity contribution in [1.29, 1.82) is 0 Å². The molecule has 1 spiro atoms. The van der Waals surface area contributed by atoms with Crippen LogP contribution in [-0.2, 0) is 14.1 Å². The minimum absolute atomic E-state index is 0.0297. The van der Waals surface area contributed by atoms with E-state index in [9.17, 15) is 4.79 Å². The van der Waals surface area contributed by atoms with E-state index in [1.165, 1.54) is 0 Å². The van der Waals surface area contributed by atoms with E-state index in [4.69, 9.17) is 9.31 Å². The highest BCUT2D eigenvalue weighted by molar-refractivity contribution is 6.54. The first-order chi connectivity index (χ1) is 10.2. The van der Waals surface area contributed by atoms with E-state index < -0.39 is 23.7 Å². The fourth-order valence-electron chi connectivity index (χ4n) is 3.80. The molecule has 1 atom stereocenters. The van der Waals surface area contributed by atoms with Gasteiger partial charge >= 0.3 is 7.12 Å². The smallest absolute Gasteiger partial charge is 0.398 e. The van der Waals surface area contributed by atoms with Crippen LogP contribution in [-0.4, -0.2) is 30.8 Å². The van der Waals surface area contributed by atoms with E-state index in [0.29, 0.717) is 18.5 Å². The maximum atomic E-state index is 15.2. The molecule has 1 N–H and O–H groups in total. The van der Waals surface area contributed by atoms with E-state index >= 15 is 4.39 Å². The monoisotopic (exact) mass is 309 g/mol. The van der Waals surface area contributed by atoms with Gasteiger partial charge in [0, 0.05) is 6.54 Å². The minimum atomic E-state index is -0.996. The number of carbonyl (C=O) groups is 1. The van der Waals surface area contributed by atoms with E-state index in [0.717, 1.165) is 25.7 Å². The third-order valence-corrected chi connectivity index (χ3v) is 5.86. The van der Waals surface area contributed by atoms with Crippen molar-refractivity contribution in [3.63, 3.8) is 0 Å². The van der Waals surface area contributed by atoms with E-state index in [1.54, 1.807) is 0 Å². The number of amides is 1. The summed E-state index contributed by atoms with van der Waals surface area (Å²) in [4.78, 5) is 12.4. The van der Waals surface area contributed by atoms with Crippen LogP contribution in [0.5, 0.6) is 0 Å². The second kappa shape index (κ2) is 5.06. The van der Waals surface area contributed by atoms with Crippen LogP contribution in [0.3, 0.4) is 0 Å².